The largest absolute Gasteiger partial charge is 0.756 e. The molecule has 0 saturated carbocycles. The van der Waals surface area contributed by atoms with Crippen LogP contribution in [0.15, 0.2) is 109 Å². The minimum Gasteiger partial charge on any atom is -0.756 e. The van der Waals surface area contributed by atoms with Crippen molar-refractivity contribution in [3.8, 4) is 0 Å². The molecule has 0 radical (unpaired) electrons. The van der Waals surface area contributed by atoms with E-state index < -0.39 is 32.5 Å². The number of quaternary nitrogens is 1. The lowest BCUT2D eigenvalue weighted by Crippen LogP contribution is -2.37. The van der Waals surface area contributed by atoms with Gasteiger partial charge in [-0.2, -0.15) is 0 Å². The fourth-order valence-corrected chi connectivity index (χ4v) is 8.10. The summed E-state index contributed by atoms with van der Waals surface area (Å²) in [5, 5.41) is 0. The van der Waals surface area contributed by atoms with Gasteiger partial charge in [-0.05, 0) is 103 Å². The summed E-state index contributed by atoms with van der Waals surface area (Å²) >= 11 is 0. The number of carbonyl (C=O) groups is 2. The topological polar surface area (TPSA) is 111 Å². The zero-order chi connectivity index (χ0) is 52.7. The fourth-order valence-electron chi connectivity index (χ4n) is 7.37. The van der Waals surface area contributed by atoms with Gasteiger partial charge in [-0.3, -0.25) is 14.2 Å². The van der Waals surface area contributed by atoms with Gasteiger partial charge in [0.2, 0.25) is 0 Å². The quantitative estimate of drug-likeness (QED) is 0.0195. The van der Waals surface area contributed by atoms with Gasteiger partial charge in [0.25, 0.3) is 7.82 Å². The average molecular weight is 1020 g/mol. The van der Waals surface area contributed by atoms with Crippen LogP contribution in [0.25, 0.3) is 0 Å². The van der Waals surface area contributed by atoms with Crippen LogP contribution in [-0.2, 0) is 32.7 Å². The first kappa shape index (κ1) is 68.7. The lowest BCUT2D eigenvalue weighted by Gasteiger charge is -2.28. The number of phosphoric acid groups is 1. The average Bonchev–Trinajstić information content (AvgIpc) is 3.34. The van der Waals surface area contributed by atoms with Gasteiger partial charge in [0.1, 0.15) is 19.8 Å². The molecule has 0 fully saturated rings. The van der Waals surface area contributed by atoms with Gasteiger partial charge in [-0.1, -0.05) is 213 Å². The Hall–Kier alpha value is -3.33. The summed E-state index contributed by atoms with van der Waals surface area (Å²) in [6.45, 7) is 4.08. The Morgan fingerprint density at radius 2 is 0.792 bits per heavy atom. The molecule has 2 atom stereocenters. The summed E-state index contributed by atoms with van der Waals surface area (Å²) in [4.78, 5) is 37.9. The van der Waals surface area contributed by atoms with Crippen LogP contribution in [0.3, 0.4) is 0 Å². The lowest BCUT2D eigenvalue weighted by molar-refractivity contribution is -0.870. The summed E-state index contributed by atoms with van der Waals surface area (Å²) < 4.78 is 34.1. The van der Waals surface area contributed by atoms with Gasteiger partial charge in [0.05, 0.1) is 27.7 Å². The Morgan fingerprint density at radius 3 is 1.18 bits per heavy atom. The molecule has 0 aromatic carbocycles. The third kappa shape index (κ3) is 56.0. The molecule has 0 aromatic heterocycles. The van der Waals surface area contributed by atoms with E-state index in [1.165, 1.54) is 70.6 Å². The summed E-state index contributed by atoms with van der Waals surface area (Å²) in [6, 6.07) is 0. The van der Waals surface area contributed by atoms with Gasteiger partial charge >= 0.3 is 11.9 Å². The molecule has 9 nitrogen and oxygen atoms in total. The zero-order valence-corrected chi connectivity index (χ0v) is 47.5. The lowest BCUT2D eigenvalue weighted by atomic mass is 10.1. The number of allylic oxidation sites excluding steroid dienone is 18. The van der Waals surface area contributed by atoms with Crippen molar-refractivity contribution in [1.29, 1.82) is 0 Å². The van der Waals surface area contributed by atoms with Crippen LogP contribution in [0.2, 0.25) is 0 Å². The molecule has 0 bridgehead atoms. The molecule has 0 N–H and O–H groups in total. The first-order valence-corrected chi connectivity index (χ1v) is 30.1. The normalized spacial score (nSPS) is 14.1. The highest BCUT2D eigenvalue weighted by Crippen LogP contribution is 2.38. The highest BCUT2D eigenvalue weighted by atomic mass is 31.2. The third-order valence-electron chi connectivity index (χ3n) is 11.8. The summed E-state index contributed by atoms with van der Waals surface area (Å²) in [5.74, 6) is -0.866. The molecule has 0 aliphatic carbocycles. The molecule has 412 valence electrons. The highest BCUT2D eigenvalue weighted by molar-refractivity contribution is 7.45. The maximum absolute atomic E-state index is 12.8. The van der Waals surface area contributed by atoms with E-state index in [2.05, 4.69) is 123 Å². The van der Waals surface area contributed by atoms with Crippen molar-refractivity contribution in [2.45, 2.75) is 225 Å². The van der Waals surface area contributed by atoms with Gasteiger partial charge in [-0.25, -0.2) is 0 Å². The standard InChI is InChI=1S/C62H106NO8P/c1-6-8-10-12-14-16-18-20-22-24-26-28-29-30-31-32-33-35-37-39-41-43-45-47-49-51-53-55-62(65)71-60(59-70-72(66,67)69-57-56-63(3,4)5)58-68-61(64)54-52-50-48-46-44-42-40-38-36-34-27-25-23-21-19-17-15-13-11-9-7-2/h8,10,14,16,19-22,25-28,30-31,33,35,39,41,60H,6-7,9,11-13,15,17-18,23-24,29,32,34,36-38,40,42-59H2,1-5H3/b10-8-,16-14-,21-19-,22-20-,27-25-,28-26-,31-30-,35-33-,41-39-. The first-order valence-electron chi connectivity index (χ1n) is 28.6. The summed E-state index contributed by atoms with van der Waals surface area (Å²) in [5.41, 5.74) is 0. The number of rotatable bonds is 51. The summed E-state index contributed by atoms with van der Waals surface area (Å²) in [7, 11) is 1.13. The molecule has 0 aliphatic heterocycles. The number of unbranched alkanes of at least 4 members (excludes halogenated alkanes) is 19. The predicted molar refractivity (Wildman–Crippen MR) is 305 cm³/mol. The number of nitrogens with zero attached hydrogens (tertiary/aromatic N) is 1. The molecule has 2 unspecified atom stereocenters. The van der Waals surface area contributed by atoms with Crippen LogP contribution in [-0.4, -0.2) is 70.0 Å². The van der Waals surface area contributed by atoms with Crippen LogP contribution in [0.4, 0.5) is 0 Å². The molecular weight excluding hydrogens is 918 g/mol. The molecule has 0 heterocycles. The van der Waals surface area contributed by atoms with Crippen LogP contribution in [0.5, 0.6) is 0 Å². The number of carbonyl (C=O) groups excluding carboxylic acids is 2. The van der Waals surface area contributed by atoms with Crippen LogP contribution < -0.4 is 4.89 Å². The smallest absolute Gasteiger partial charge is 0.306 e. The minimum absolute atomic E-state index is 0.0417. The molecule has 0 saturated heterocycles. The van der Waals surface area contributed by atoms with E-state index in [0.29, 0.717) is 17.4 Å². The zero-order valence-electron chi connectivity index (χ0n) is 46.6. The number of phosphoric ester groups is 1. The second kappa shape index (κ2) is 52.5. The van der Waals surface area contributed by atoms with Crippen LogP contribution >= 0.6 is 7.82 Å². The minimum atomic E-state index is -4.65. The van der Waals surface area contributed by atoms with Crippen molar-refractivity contribution in [1.82, 2.24) is 0 Å². The molecule has 0 spiro atoms. The second-order valence-electron chi connectivity index (χ2n) is 19.9. The second-order valence-corrected chi connectivity index (χ2v) is 21.3. The van der Waals surface area contributed by atoms with Gasteiger partial charge in [0.15, 0.2) is 6.10 Å². The van der Waals surface area contributed by atoms with Crippen molar-refractivity contribution in [3.63, 3.8) is 0 Å². The van der Waals surface area contributed by atoms with Gasteiger partial charge in [0, 0.05) is 12.8 Å². The number of likely N-dealkylation sites (N-methyl/N-ethyl adjacent to an activating group) is 1. The van der Waals surface area contributed by atoms with Crippen molar-refractivity contribution in [2.75, 3.05) is 47.5 Å². The Kier molecular flexibility index (Phi) is 50.1. The number of hydrogen-bond acceptors (Lipinski definition) is 8. The van der Waals surface area contributed by atoms with Crippen LogP contribution in [0, 0.1) is 0 Å². The molecule has 0 aromatic rings. The maximum Gasteiger partial charge on any atom is 0.306 e. The molecule has 0 rings (SSSR count). The Morgan fingerprint density at radius 1 is 0.444 bits per heavy atom. The Bertz CT molecular complexity index is 1580. The van der Waals surface area contributed by atoms with E-state index in [1.807, 2.05) is 21.1 Å². The fraction of sp³-hybridized carbons (Fsp3) is 0.677. The van der Waals surface area contributed by atoms with Crippen molar-refractivity contribution in [3.05, 3.63) is 109 Å². The number of ether oxygens (including phenoxy) is 2. The van der Waals surface area contributed by atoms with E-state index >= 15 is 0 Å². The van der Waals surface area contributed by atoms with Crippen molar-refractivity contribution >= 4 is 19.8 Å². The highest BCUT2D eigenvalue weighted by Gasteiger charge is 2.21. The number of hydrogen-bond donors (Lipinski definition) is 0. The molecule has 0 amide bonds. The SMILES string of the molecule is CC/C=C\C/C=C\C/C=C\C/C=C\C/C=C\C/C=C\C/C=C\CCCCCCCC(=O)OC(COC(=O)CCCCCCCCCCC/C=C\C/C=C\CCCCCCC)COP(=O)([O-])OCC[N+](C)(C)C. The first-order chi connectivity index (χ1) is 35.0. The Balaban J connectivity index is 4.28. The van der Waals surface area contributed by atoms with Crippen molar-refractivity contribution in [2.24, 2.45) is 0 Å². The molecule has 10 heteroatoms. The molecule has 72 heavy (non-hydrogen) atoms. The monoisotopic (exact) mass is 1020 g/mol. The van der Waals surface area contributed by atoms with E-state index in [9.17, 15) is 19.0 Å². The van der Waals surface area contributed by atoms with E-state index in [4.69, 9.17) is 18.5 Å². The van der Waals surface area contributed by atoms with Gasteiger partial charge < -0.3 is 27.9 Å². The molecule has 0 aliphatic rings. The van der Waals surface area contributed by atoms with Gasteiger partial charge in [-0.15, -0.1) is 0 Å². The van der Waals surface area contributed by atoms with E-state index in [1.54, 1.807) is 0 Å². The van der Waals surface area contributed by atoms with E-state index in [0.717, 1.165) is 116 Å². The summed E-state index contributed by atoms with van der Waals surface area (Å²) in [6.07, 6.45) is 72.6. The molecular formula is C62H106NO8P. The maximum atomic E-state index is 12.8. The van der Waals surface area contributed by atoms with Crippen LogP contribution in [0.1, 0.15) is 219 Å². The predicted octanol–water partition coefficient (Wildman–Crippen LogP) is 17.2. The van der Waals surface area contributed by atoms with E-state index in [-0.39, 0.29) is 26.1 Å². The third-order valence-corrected chi connectivity index (χ3v) is 12.7. The van der Waals surface area contributed by atoms with Crippen molar-refractivity contribution < 1.29 is 42.1 Å². The Labute approximate surface area is 442 Å². The number of esters is 2.